The molecule has 2 heterocycles. The van der Waals surface area contributed by atoms with E-state index in [0.717, 1.165) is 6.42 Å². The van der Waals surface area contributed by atoms with Crippen LogP contribution in [0.5, 0.6) is 5.88 Å². The topological polar surface area (TPSA) is 52.3 Å². The zero-order valence-electron chi connectivity index (χ0n) is 10.2. The normalized spacial score (nSPS) is 24.3. The van der Waals surface area contributed by atoms with Gasteiger partial charge in [0.25, 0.3) is 5.78 Å². The van der Waals surface area contributed by atoms with E-state index in [-0.39, 0.29) is 6.10 Å². The molecule has 0 amide bonds. The molecule has 2 unspecified atom stereocenters. The molecule has 5 nitrogen and oxygen atoms in total. The van der Waals surface area contributed by atoms with Gasteiger partial charge in [0.1, 0.15) is 17.6 Å². The summed E-state index contributed by atoms with van der Waals surface area (Å²) in [5.74, 6) is 1.66. The zero-order chi connectivity index (χ0) is 12.5. The van der Waals surface area contributed by atoms with E-state index >= 15 is 0 Å². The third kappa shape index (κ3) is 2.14. The van der Waals surface area contributed by atoms with Gasteiger partial charge >= 0.3 is 0 Å². The van der Waals surface area contributed by atoms with Crippen molar-refractivity contribution in [1.29, 1.82) is 0 Å². The molecule has 3 rings (SSSR count). The van der Waals surface area contributed by atoms with Crippen molar-refractivity contribution < 1.29 is 4.74 Å². The number of nitrogens with zero attached hydrogens (tertiary/aromatic N) is 4. The number of ether oxygens (including phenoxy) is 1. The van der Waals surface area contributed by atoms with Gasteiger partial charge in [0.15, 0.2) is 0 Å². The summed E-state index contributed by atoms with van der Waals surface area (Å²) in [5.41, 5.74) is 0. The summed E-state index contributed by atoms with van der Waals surface area (Å²) in [6, 6.07) is 1.70. The first-order chi connectivity index (χ1) is 8.74. The monoisotopic (exact) mass is 266 g/mol. The van der Waals surface area contributed by atoms with Crippen molar-refractivity contribution in [2.24, 2.45) is 5.92 Å². The SMILES string of the molecule is CC1CCCCC1Oc1cc(Cl)nc2ncnn12. The summed E-state index contributed by atoms with van der Waals surface area (Å²) in [6.45, 7) is 2.23. The smallest absolute Gasteiger partial charge is 0.256 e. The Morgan fingerprint density at radius 1 is 1.39 bits per heavy atom. The molecule has 0 bridgehead atoms. The van der Waals surface area contributed by atoms with Crippen LogP contribution < -0.4 is 4.74 Å². The van der Waals surface area contributed by atoms with Crippen molar-refractivity contribution >= 4 is 17.4 Å². The first-order valence-corrected chi connectivity index (χ1v) is 6.65. The maximum atomic E-state index is 6.06. The number of rotatable bonds is 2. The second-order valence-corrected chi connectivity index (χ2v) is 5.19. The second kappa shape index (κ2) is 4.72. The molecule has 1 aliphatic rings. The molecule has 0 radical (unpaired) electrons. The van der Waals surface area contributed by atoms with Crippen LogP contribution >= 0.6 is 11.6 Å². The summed E-state index contributed by atoms with van der Waals surface area (Å²) >= 11 is 5.96. The molecule has 1 fully saturated rings. The molecule has 6 heteroatoms. The highest BCUT2D eigenvalue weighted by atomic mass is 35.5. The van der Waals surface area contributed by atoms with Crippen LogP contribution in [0.25, 0.3) is 5.78 Å². The van der Waals surface area contributed by atoms with E-state index in [2.05, 4.69) is 22.0 Å². The van der Waals surface area contributed by atoms with Gasteiger partial charge < -0.3 is 4.74 Å². The molecule has 18 heavy (non-hydrogen) atoms. The zero-order valence-corrected chi connectivity index (χ0v) is 11.0. The van der Waals surface area contributed by atoms with E-state index in [0.29, 0.717) is 22.7 Å². The predicted octanol–water partition coefficient (Wildman–Crippen LogP) is 2.74. The Hall–Kier alpha value is -1.36. The van der Waals surface area contributed by atoms with Gasteiger partial charge in [-0.1, -0.05) is 24.9 Å². The second-order valence-electron chi connectivity index (χ2n) is 4.81. The Kier molecular flexibility index (Phi) is 3.07. The van der Waals surface area contributed by atoms with Gasteiger partial charge in [-0.2, -0.15) is 19.6 Å². The molecular weight excluding hydrogens is 252 g/mol. The van der Waals surface area contributed by atoms with Gasteiger partial charge in [0.2, 0.25) is 5.88 Å². The lowest BCUT2D eigenvalue weighted by Crippen LogP contribution is -2.29. The van der Waals surface area contributed by atoms with Crippen molar-refractivity contribution in [2.45, 2.75) is 38.7 Å². The van der Waals surface area contributed by atoms with E-state index < -0.39 is 0 Å². The van der Waals surface area contributed by atoms with Crippen molar-refractivity contribution in [3.8, 4) is 5.88 Å². The first-order valence-electron chi connectivity index (χ1n) is 6.27. The quantitative estimate of drug-likeness (QED) is 0.785. The van der Waals surface area contributed by atoms with Gasteiger partial charge in [-0.25, -0.2) is 0 Å². The Morgan fingerprint density at radius 2 is 2.22 bits per heavy atom. The summed E-state index contributed by atoms with van der Waals surface area (Å²) in [4.78, 5) is 8.11. The summed E-state index contributed by atoms with van der Waals surface area (Å²) in [6.07, 6.45) is 6.48. The molecule has 1 saturated carbocycles. The van der Waals surface area contributed by atoms with Crippen molar-refractivity contribution in [3.05, 3.63) is 17.5 Å². The Bertz CT molecular complexity index is 556. The van der Waals surface area contributed by atoms with Crippen molar-refractivity contribution in [1.82, 2.24) is 19.6 Å². The Labute approximate surface area is 110 Å². The number of hydrogen-bond acceptors (Lipinski definition) is 4. The van der Waals surface area contributed by atoms with E-state index in [1.54, 1.807) is 10.6 Å². The molecule has 96 valence electrons. The Morgan fingerprint density at radius 3 is 3.06 bits per heavy atom. The van der Waals surface area contributed by atoms with Crippen LogP contribution in [0.2, 0.25) is 5.15 Å². The third-order valence-corrected chi connectivity index (χ3v) is 3.69. The van der Waals surface area contributed by atoms with E-state index in [9.17, 15) is 0 Å². The van der Waals surface area contributed by atoms with Crippen LogP contribution in [-0.4, -0.2) is 25.7 Å². The van der Waals surface area contributed by atoms with Crippen LogP contribution in [0.1, 0.15) is 32.6 Å². The molecule has 2 aromatic rings. The summed E-state index contributed by atoms with van der Waals surface area (Å²) < 4.78 is 7.65. The highest BCUT2D eigenvalue weighted by molar-refractivity contribution is 6.29. The van der Waals surface area contributed by atoms with Gasteiger partial charge in [0, 0.05) is 6.07 Å². The maximum Gasteiger partial charge on any atom is 0.256 e. The van der Waals surface area contributed by atoms with Gasteiger partial charge in [-0.3, -0.25) is 0 Å². The molecule has 0 aromatic carbocycles. The molecule has 0 spiro atoms. The molecule has 0 aliphatic heterocycles. The van der Waals surface area contributed by atoms with Crippen molar-refractivity contribution in [3.63, 3.8) is 0 Å². The van der Waals surface area contributed by atoms with Crippen LogP contribution in [0, 0.1) is 5.92 Å². The lowest BCUT2D eigenvalue weighted by Gasteiger charge is -2.29. The minimum absolute atomic E-state index is 0.226. The average molecular weight is 267 g/mol. The maximum absolute atomic E-state index is 6.06. The van der Waals surface area contributed by atoms with Gasteiger partial charge in [-0.05, 0) is 25.2 Å². The molecule has 1 aliphatic carbocycles. The first kappa shape index (κ1) is 11.7. The Balaban J connectivity index is 1.91. The molecule has 0 saturated heterocycles. The fraction of sp³-hybridized carbons (Fsp3) is 0.583. The van der Waals surface area contributed by atoms with Crippen LogP contribution in [-0.2, 0) is 0 Å². The summed E-state index contributed by atoms with van der Waals surface area (Å²) in [5, 5.41) is 4.49. The standard InChI is InChI=1S/C12H15ClN4O/c1-8-4-2-3-5-9(8)18-11-6-10(13)16-12-14-7-15-17(11)12/h6-9H,2-5H2,1H3. The average Bonchev–Trinajstić information content (AvgIpc) is 2.80. The van der Waals surface area contributed by atoms with E-state index in [1.807, 2.05) is 0 Å². The molecule has 2 atom stereocenters. The van der Waals surface area contributed by atoms with Crippen molar-refractivity contribution in [2.75, 3.05) is 0 Å². The highest BCUT2D eigenvalue weighted by Gasteiger charge is 2.24. The predicted molar refractivity (Wildman–Crippen MR) is 67.8 cm³/mol. The number of aromatic nitrogens is 4. The molecule has 2 aromatic heterocycles. The number of hydrogen-bond donors (Lipinski definition) is 0. The summed E-state index contributed by atoms with van der Waals surface area (Å²) in [7, 11) is 0. The van der Waals surface area contributed by atoms with Crippen LogP contribution in [0.3, 0.4) is 0 Å². The van der Waals surface area contributed by atoms with E-state index in [4.69, 9.17) is 16.3 Å². The number of halogens is 1. The highest BCUT2D eigenvalue weighted by Crippen LogP contribution is 2.28. The largest absolute Gasteiger partial charge is 0.474 e. The fourth-order valence-corrected chi connectivity index (χ4v) is 2.62. The van der Waals surface area contributed by atoms with Crippen LogP contribution in [0.4, 0.5) is 0 Å². The third-order valence-electron chi connectivity index (χ3n) is 3.49. The minimum atomic E-state index is 0.226. The van der Waals surface area contributed by atoms with Gasteiger partial charge in [0.05, 0.1) is 0 Å². The lowest BCUT2D eigenvalue weighted by molar-refractivity contribution is 0.0949. The number of fused-ring (bicyclic) bond motifs is 1. The lowest BCUT2D eigenvalue weighted by atomic mass is 9.88. The van der Waals surface area contributed by atoms with Gasteiger partial charge in [-0.15, -0.1) is 0 Å². The fourth-order valence-electron chi connectivity index (χ4n) is 2.45. The van der Waals surface area contributed by atoms with Crippen LogP contribution in [0.15, 0.2) is 12.4 Å². The van der Waals surface area contributed by atoms with E-state index in [1.165, 1.54) is 25.6 Å². The molecular formula is C12H15ClN4O. The molecule has 0 N–H and O–H groups in total. The minimum Gasteiger partial charge on any atom is -0.474 e.